The second-order valence-corrected chi connectivity index (χ2v) is 6.60. The molecule has 2 N–H and O–H groups in total. The van der Waals surface area contributed by atoms with Gasteiger partial charge in [0.1, 0.15) is 10.8 Å². The van der Waals surface area contributed by atoms with E-state index in [1.54, 1.807) is 29.1 Å². The summed E-state index contributed by atoms with van der Waals surface area (Å²) in [7, 11) is 1.53. The third-order valence-corrected chi connectivity index (χ3v) is 4.58. The van der Waals surface area contributed by atoms with E-state index >= 15 is 0 Å². The first-order valence-electron chi connectivity index (χ1n) is 8.09. The monoisotopic (exact) mass is 540 g/mol. The van der Waals surface area contributed by atoms with Gasteiger partial charge >= 0.3 is 6.18 Å². The first kappa shape index (κ1) is 23.1. The maximum absolute atomic E-state index is 14.3. The summed E-state index contributed by atoms with van der Waals surface area (Å²) in [6.07, 6.45) is 0.252. The summed E-state index contributed by atoms with van der Waals surface area (Å²) in [4.78, 5) is 11.4. The Bertz CT molecular complexity index is 955. The molecule has 0 aliphatic rings. The second-order valence-electron chi connectivity index (χ2n) is 5.66. The van der Waals surface area contributed by atoms with Crippen LogP contribution in [0.2, 0.25) is 0 Å². The molecule has 2 heterocycles. The zero-order valence-corrected chi connectivity index (χ0v) is 18.2. The van der Waals surface area contributed by atoms with E-state index in [4.69, 9.17) is 0 Å². The molecule has 29 heavy (non-hydrogen) atoms. The number of guanidine groups is 1. The molecule has 156 valence electrons. The molecule has 0 aliphatic carbocycles. The van der Waals surface area contributed by atoms with Crippen molar-refractivity contribution < 1.29 is 17.6 Å². The summed E-state index contributed by atoms with van der Waals surface area (Å²) in [6, 6.07) is 4.79. The average molecular weight is 540 g/mol. The number of nitrogens with one attached hydrogen (secondary N) is 2. The number of hydrogen-bond donors (Lipinski definition) is 2. The first-order valence-corrected chi connectivity index (χ1v) is 8.97. The number of aliphatic imine (C=N–C) groups is 1. The summed E-state index contributed by atoms with van der Waals surface area (Å²) >= 11 is 0.912. The fourth-order valence-electron chi connectivity index (χ4n) is 2.36. The minimum absolute atomic E-state index is 0. The lowest BCUT2D eigenvalue weighted by atomic mass is 10.2. The standard InChI is InChI=1S/C17H16F4N6S.HI/c1-22-16(25-8-15-26-14(9-28-15)17(19,20)21)24-7-11-2-3-13(12(18)6-11)27-5-4-23-10-27;/h2-6,9-10H,7-8H2,1H3,(H2,22,24,25);1H. The van der Waals surface area contributed by atoms with E-state index in [0.717, 1.165) is 16.7 Å². The van der Waals surface area contributed by atoms with Crippen molar-refractivity contribution in [3.8, 4) is 5.69 Å². The summed E-state index contributed by atoms with van der Waals surface area (Å²) < 4.78 is 53.6. The lowest BCUT2D eigenvalue weighted by Gasteiger charge is -2.12. The molecule has 2 aromatic heterocycles. The number of thiazole rings is 1. The molecule has 0 saturated carbocycles. The Morgan fingerprint density at radius 2 is 2.00 bits per heavy atom. The molecule has 0 unspecified atom stereocenters. The molecule has 0 saturated heterocycles. The van der Waals surface area contributed by atoms with Gasteiger partial charge in [0, 0.05) is 31.4 Å². The first-order chi connectivity index (χ1) is 13.4. The molecular weight excluding hydrogens is 523 g/mol. The summed E-state index contributed by atoms with van der Waals surface area (Å²) in [5.41, 5.74) is 0.150. The highest BCUT2D eigenvalue weighted by Crippen LogP contribution is 2.29. The third-order valence-electron chi connectivity index (χ3n) is 3.73. The van der Waals surface area contributed by atoms with Crippen molar-refractivity contribution in [2.45, 2.75) is 19.3 Å². The van der Waals surface area contributed by atoms with Gasteiger partial charge in [-0.05, 0) is 17.7 Å². The molecule has 0 aliphatic heterocycles. The predicted molar refractivity (Wildman–Crippen MR) is 113 cm³/mol. The molecule has 1 aromatic carbocycles. The lowest BCUT2D eigenvalue weighted by molar-refractivity contribution is -0.140. The van der Waals surface area contributed by atoms with Gasteiger partial charge in [-0.25, -0.2) is 14.4 Å². The number of nitrogens with zero attached hydrogens (tertiary/aromatic N) is 4. The fraction of sp³-hybridized carbons (Fsp3) is 0.235. The topological polar surface area (TPSA) is 67.1 Å². The van der Waals surface area contributed by atoms with E-state index in [1.165, 1.54) is 19.4 Å². The third kappa shape index (κ3) is 6.13. The van der Waals surface area contributed by atoms with Crippen LogP contribution in [0.3, 0.4) is 0 Å². The highest BCUT2D eigenvalue weighted by molar-refractivity contribution is 14.0. The van der Waals surface area contributed by atoms with Crippen molar-refractivity contribution in [1.82, 2.24) is 25.2 Å². The molecule has 0 fully saturated rings. The van der Waals surface area contributed by atoms with Gasteiger partial charge in [0.2, 0.25) is 0 Å². The Morgan fingerprint density at radius 1 is 1.24 bits per heavy atom. The summed E-state index contributed by atoms with van der Waals surface area (Å²) in [5, 5.41) is 7.12. The van der Waals surface area contributed by atoms with Gasteiger partial charge in [0.05, 0.1) is 18.6 Å². The smallest absolute Gasteiger partial charge is 0.352 e. The SMILES string of the molecule is CN=C(NCc1ccc(-n2ccnc2)c(F)c1)NCc1nc(C(F)(F)F)cs1.I. The van der Waals surface area contributed by atoms with E-state index in [0.29, 0.717) is 17.2 Å². The van der Waals surface area contributed by atoms with Crippen LogP contribution in [-0.2, 0) is 19.3 Å². The number of hydrogen-bond acceptors (Lipinski definition) is 4. The van der Waals surface area contributed by atoms with Crippen molar-refractivity contribution in [3.63, 3.8) is 0 Å². The van der Waals surface area contributed by atoms with Gasteiger partial charge in [0.15, 0.2) is 11.7 Å². The normalized spacial score (nSPS) is 11.8. The molecule has 0 atom stereocenters. The van der Waals surface area contributed by atoms with Crippen LogP contribution in [0, 0.1) is 5.82 Å². The van der Waals surface area contributed by atoms with Gasteiger partial charge in [0.25, 0.3) is 0 Å². The maximum atomic E-state index is 14.3. The molecule has 0 bridgehead atoms. The van der Waals surface area contributed by atoms with Crippen molar-refractivity contribution in [3.05, 3.63) is 64.4 Å². The van der Waals surface area contributed by atoms with Crippen LogP contribution >= 0.6 is 35.3 Å². The number of halogens is 5. The van der Waals surface area contributed by atoms with Crippen LogP contribution in [0.5, 0.6) is 0 Å². The highest BCUT2D eigenvalue weighted by atomic mass is 127. The molecule has 0 spiro atoms. The molecule has 3 rings (SSSR count). The van der Waals surface area contributed by atoms with Crippen LogP contribution in [0.15, 0.2) is 47.3 Å². The second kappa shape index (κ2) is 10.0. The lowest BCUT2D eigenvalue weighted by Crippen LogP contribution is -2.36. The van der Waals surface area contributed by atoms with Crippen LogP contribution < -0.4 is 10.6 Å². The van der Waals surface area contributed by atoms with Crippen molar-refractivity contribution >= 4 is 41.3 Å². The van der Waals surface area contributed by atoms with Crippen molar-refractivity contribution in [1.29, 1.82) is 0 Å². The van der Waals surface area contributed by atoms with Crippen molar-refractivity contribution in [2.75, 3.05) is 7.05 Å². The Kier molecular flexibility index (Phi) is 7.96. The van der Waals surface area contributed by atoms with Crippen LogP contribution in [0.25, 0.3) is 5.69 Å². The Hall–Kier alpha value is -2.22. The minimum atomic E-state index is -4.46. The fourth-order valence-corrected chi connectivity index (χ4v) is 3.10. The Balaban J connectivity index is 0.00000300. The quantitative estimate of drug-likeness (QED) is 0.223. The molecule has 12 heteroatoms. The van der Waals surface area contributed by atoms with Gasteiger partial charge < -0.3 is 15.2 Å². The van der Waals surface area contributed by atoms with Crippen LogP contribution in [-0.4, -0.2) is 27.5 Å². The predicted octanol–water partition coefficient (Wildman–Crippen LogP) is 3.97. The molecule has 3 aromatic rings. The Morgan fingerprint density at radius 3 is 2.59 bits per heavy atom. The number of imidazole rings is 1. The molecular formula is C17H17F4IN6S. The minimum Gasteiger partial charge on any atom is -0.352 e. The van der Waals surface area contributed by atoms with Gasteiger partial charge in [-0.2, -0.15) is 13.2 Å². The van der Waals surface area contributed by atoms with Gasteiger partial charge in [-0.3, -0.25) is 4.99 Å². The number of aromatic nitrogens is 3. The average Bonchev–Trinajstić information content (AvgIpc) is 3.33. The van der Waals surface area contributed by atoms with E-state index in [-0.39, 0.29) is 42.1 Å². The highest BCUT2D eigenvalue weighted by Gasteiger charge is 2.33. The zero-order valence-electron chi connectivity index (χ0n) is 15.1. The molecule has 0 amide bonds. The van der Waals surface area contributed by atoms with E-state index in [2.05, 4.69) is 25.6 Å². The van der Waals surface area contributed by atoms with Crippen molar-refractivity contribution in [2.24, 2.45) is 4.99 Å². The van der Waals surface area contributed by atoms with E-state index in [9.17, 15) is 17.6 Å². The van der Waals surface area contributed by atoms with E-state index < -0.39 is 17.7 Å². The van der Waals surface area contributed by atoms with Gasteiger partial charge in [-0.15, -0.1) is 35.3 Å². The number of alkyl halides is 3. The zero-order chi connectivity index (χ0) is 20.1. The van der Waals surface area contributed by atoms with Crippen LogP contribution in [0.4, 0.5) is 17.6 Å². The number of rotatable bonds is 5. The van der Waals surface area contributed by atoms with Crippen LogP contribution in [0.1, 0.15) is 16.3 Å². The summed E-state index contributed by atoms with van der Waals surface area (Å²) in [5.74, 6) is -0.0365. The maximum Gasteiger partial charge on any atom is 0.434 e. The number of benzene rings is 1. The Labute approximate surface area is 185 Å². The summed E-state index contributed by atoms with van der Waals surface area (Å²) in [6.45, 7) is 0.376. The molecule has 0 radical (unpaired) electrons. The van der Waals surface area contributed by atoms with Gasteiger partial charge in [-0.1, -0.05) is 6.07 Å². The largest absolute Gasteiger partial charge is 0.434 e. The molecule has 6 nitrogen and oxygen atoms in total. The van der Waals surface area contributed by atoms with E-state index in [1.807, 2.05) is 0 Å².